The highest BCUT2D eigenvalue weighted by molar-refractivity contribution is 5.80. The highest BCUT2D eigenvalue weighted by Gasteiger charge is 2.37. The molecule has 2 N–H and O–H groups in total. The fourth-order valence-corrected chi connectivity index (χ4v) is 2.76. The molecule has 1 aromatic rings. The van der Waals surface area contributed by atoms with Crippen molar-refractivity contribution in [2.45, 2.75) is 44.9 Å². The lowest BCUT2D eigenvalue weighted by Gasteiger charge is -2.34. The van der Waals surface area contributed by atoms with E-state index in [9.17, 15) is 4.79 Å². The highest BCUT2D eigenvalue weighted by Crippen LogP contribution is 2.39. The number of aryl methyl sites for hydroxylation is 1. The fourth-order valence-electron chi connectivity index (χ4n) is 2.76. The molecular formula is C14H20N2O. The molecule has 1 aliphatic rings. The maximum absolute atomic E-state index is 11.7. The smallest absolute Gasteiger partial charge is 0.223 e. The van der Waals surface area contributed by atoms with Crippen molar-refractivity contribution in [3.05, 3.63) is 30.1 Å². The SMILES string of the molecule is NC(=O)C1(CCc2ccccn2)CCCCC1. The van der Waals surface area contributed by atoms with Gasteiger partial charge in [0.05, 0.1) is 0 Å². The predicted molar refractivity (Wildman–Crippen MR) is 67.3 cm³/mol. The van der Waals surface area contributed by atoms with E-state index < -0.39 is 0 Å². The summed E-state index contributed by atoms with van der Waals surface area (Å²) in [5.41, 5.74) is 6.39. The van der Waals surface area contributed by atoms with Gasteiger partial charge in [0.2, 0.25) is 5.91 Å². The van der Waals surface area contributed by atoms with Gasteiger partial charge in [-0.15, -0.1) is 0 Å². The Balaban J connectivity index is 2.01. The first-order chi connectivity index (χ1) is 8.23. The summed E-state index contributed by atoms with van der Waals surface area (Å²) in [5, 5.41) is 0. The van der Waals surface area contributed by atoms with Crippen LogP contribution in [0.3, 0.4) is 0 Å². The van der Waals surface area contributed by atoms with Crippen LogP contribution in [-0.4, -0.2) is 10.9 Å². The van der Waals surface area contributed by atoms with Crippen LogP contribution in [0.2, 0.25) is 0 Å². The maximum atomic E-state index is 11.7. The van der Waals surface area contributed by atoms with Crippen LogP contribution in [0.25, 0.3) is 0 Å². The van der Waals surface area contributed by atoms with Gasteiger partial charge < -0.3 is 5.73 Å². The van der Waals surface area contributed by atoms with Crippen LogP contribution in [0.15, 0.2) is 24.4 Å². The van der Waals surface area contributed by atoms with Crippen LogP contribution >= 0.6 is 0 Å². The number of nitrogens with zero attached hydrogens (tertiary/aromatic N) is 1. The lowest BCUT2D eigenvalue weighted by Crippen LogP contribution is -2.39. The highest BCUT2D eigenvalue weighted by atomic mass is 16.1. The van der Waals surface area contributed by atoms with Crippen molar-refractivity contribution in [3.8, 4) is 0 Å². The summed E-state index contributed by atoms with van der Waals surface area (Å²) in [6.07, 6.45) is 8.90. The zero-order valence-corrected chi connectivity index (χ0v) is 10.2. The van der Waals surface area contributed by atoms with E-state index in [1.165, 1.54) is 6.42 Å². The Morgan fingerprint density at radius 1 is 1.29 bits per heavy atom. The van der Waals surface area contributed by atoms with E-state index >= 15 is 0 Å². The molecule has 1 aromatic heterocycles. The van der Waals surface area contributed by atoms with E-state index in [1.54, 1.807) is 6.20 Å². The summed E-state index contributed by atoms with van der Waals surface area (Å²) in [6, 6.07) is 5.91. The second-order valence-electron chi connectivity index (χ2n) is 5.03. The number of nitrogens with two attached hydrogens (primary N) is 1. The third kappa shape index (κ3) is 2.84. The van der Waals surface area contributed by atoms with Crippen LogP contribution in [0, 0.1) is 5.41 Å². The zero-order chi connectivity index (χ0) is 12.1. The normalized spacial score (nSPS) is 18.8. The first-order valence-electron chi connectivity index (χ1n) is 6.43. The Morgan fingerprint density at radius 3 is 2.65 bits per heavy atom. The van der Waals surface area contributed by atoms with Crippen LogP contribution < -0.4 is 5.73 Å². The monoisotopic (exact) mass is 232 g/mol. The third-order valence-electron chi connectivity index (χ3n) is 3.92. The molecule has 0 saturated heterocycles. The predicted octanol–water partition coefficient (Wildman–Crippen LogP) is 2.45. The van der Waals surface area contributed by atoms with Gasteiger partial charge >= 0.3 is 0 Å². The van der Waals surface area contributed by atoms with Gasteiger partial charge in [-0.25, -0.2) is 0 Å². The lowest BCUT2D eigenvalue weighted by atomic mass is 9.70. The minimum atomic E-state index is -0.268. The summed E-state index contributed by atoms with van der Waals surface area (Å²) >= 11 is 0. The average molecular weight is 232 g/mol. The van der Waals surface area contributed by atoms with Gasteiger partial charge in [0.25, 0.3) is 0 Å². The largest absolute Gasteiger partial charge is 0.369 e. The van der Waals surface area contributed by atoms with Crippen molar-refractivity contribution in [1.29, 1.82) is 0 Å². The quantitative estimate of drug-likeness (QED) is 0.867. The van der Waals surface area contributed by atoms with E-state index in [0.29, 0.717) is 0 Å². The molecule has 1 heterocycles. The standard InChI is InChI=1S/C14H20N2O/c15-13(17)14(8-3-1-4-9-14)10-7-12-6-2-5-11-16-12/h2,5-6,11H,1,3-4,7-10H2,(H2,15,17). The molecule has 1 saturated carbocycles. The second-order valence-corrected chi connectivity index (χ2v) is 5.03. The molecule has 92 valence electrons. The minimum absolute atomic E-state index is 0.117. The average Bonchev–Trinajstić information content (AvgIpc) is 2.38. The molecule has 0 spiro atoms. The zero-order valence-electron chi connectivity index (χ0n) is 10.2. The summed E-state index contributed by atoms with van der Waals surface area (Å²) in [6.45, 7) is 0. The summed E-state index contributed by atoms with van der Waals surface area (Å²) < 4.78 is 0. The number of amides is 1. The van der Waals surface area contributed by atoms with Crippen molar-refractivity contribution in [3.63, 3.8) is 0 Å². The van der Waals surface area contributed by atoms with Gasteiger partial charge in [0.15, 0.2) is 0 Å². The van der Waals surface area contributed by atoms with E-state index in [-0.39, 0.29) is 11.3 Å². The third-order valence-corrected chi connectivity index (χ3v) is 3.92. The van der Waals surface area contributed by atoms with Crippen molar-refractivity contribution in [2.75, 3.05) is 0 Å². The number of carbonyl (C=O) groups is 1. The van der Waals surface area contributed by atoms with E-state index in [2.05, 4.69) is 4.98 Å². The van der Waals surface area contributed by atoms with Crippen molar-refractivity contribution < 1.29 is 4.79 Å². The Kier molecular flexibility index (Phi) is 3.77. The molecule has 2 rings (SSSR count). The van der Waals surface area contributed by atoms with Gasteiger partial charge in [-0.05, 0) is 37.8 Å². The van der Waals surface area contributed by atoms with Crippen molar-refractivity contribution in [2.24, 2.45) is 11.1 Å². The number of hydrogen-bond donors (Lipinski definition) is 1. The molecule has 0 radical (unpaired) electrons. The number of primary amides is 1. The lowest BCUT2D eigenvalue weighted by molar-refractivity contribution is -0.130. The minimum Gasteiger partial charge on any atom is -0.369 e. The summed E-state index contributed by atoms with van der Waals surface area (Å²) in [5.74, 6) is -0.117. The molecule has 0 aromatic carbocycles. The Hall–Kier alpha value is -1.38. The molecule has 3 nitrogen and oxygen atoms in total. The molecule has 1 amide bonds. The van der Waals surface area contributed by atoms with Gasteiger partial charge in [0.1, 0.15) is 0 Å². The topological polar surface area (TPSA) is 56.0 Å². The number of pyridine rings is 1. The van der Waals surface area contributed by atoms with Gasteiger partial charge in [0, 0.05) is 17.3 Å². The Bertz CT molecular complexity index is 369. The Labute approximate surface area is 102 Å². The summed E-state index contributed by atoms with van der Waals surface area (Å²) in [7, 11) is 0. The number of rotatable bonds is 4. The van der Waals surface area contributed by atoms with Gasteiger partial charge in [-0.2, -0.15) is 0 Å². The molecule has 0 unspecified atom stereocenters. The van der Waals surface area contributed by atoms with Crippen molar-refractivity contribution >= 4 is 5.91 Å². The molecule has 0 atom stereocenters. The van der Waals surface area contributed by atoms with Gasteiger partial charge in [-0.1, -0.05) is 25.3 Å². The van der Waals surface area contributed by atoms with E-state index in [4.69, 9.17) is 5.73 Å². The van der Waals surface area contributed by atoms with Crippen molar-refractivity contribution in [1.82, 2.24) is 4.98 Å². The van der Waals surface area contributed by atoms with Crippen LogP contribution in [0.1, 0.15) is 44.2 Å². The molecule has 17 heavy (non-hydrogen) atoms. The number of carbonyl (C=O) groups excluding carboxylic acids is 1. The first-order valence-corrected chi connectivity index (χ1v) is 6.43. The molecular weight excluding hydrogens is 212 g/mol. The molecule has 0 aliphatic heterocycles. The van der Waals surface area contributed by atoms with E-state index in [1.807, 2.05) is 18.2 Å². The van der Waals surface area contributed by atoms with Crippen LogP contribution in [-0.2, 0) is 11.2 Å². The fraction of sp³-hybridized carbons (Fsp3) is 0.571. The van der Waals surface area contributed by atoms with Gasteiger partial charge in [-0.3, -0.25) is 9.78 Å². The molecule has 0 bridgehead atoms. The Morgan fingerprint density at radius 2 is 2.06 bits per heavy atom. The van der Waals surface area contributed by atoms with Crippen LogP contribution in [0.5, 0.6) is 0 Å². The maximum Gasteiger partial charge on any atom is 0.223 e. The molecule has 3 heteroatoms. The first kappa shape index (κ1) is 12.1. The second kappa shape index (κ2) is 5.30. The molecule has 1 aliphatic carbocycles. The number of hydrogen-bond acceptors (Lipinski definition) is 2. The summed E-state index contributed by atoms with van der Waals surface area (Å²) in [4.78, 5) is 16.0. The molecule has 1 fully saturated rings. The number of aromatic nitrogens is 1. The van der Waals surface area contributed by atoms with E-state index in [0.717, 1.165) is 44.2 Å². The van der Waals surface area contributed by atoms with Crippen LogP contribution in [0.4, 0.5) is 0 Å².